The van der Waals surface area contributed by atoms with Crippen molar-refractivity contribution < 1.29 is 31.6 Å². The zero-order chi connectivity index (χ0) is 28.5. The normalized spacial score (nSPS) is 11.3. The van der Waals surface area contributed by atoms with Crippen LogP contribution in [0.15, 0.2) is 65.7 Å². The molecule has 0 saturated heterocycles. The summed E-state index contributed by atoms with van der Waals surface area (Å²) in [5.41, 5.74) is -2.03. The summed E-state index contributed by atoms with van der Waals surface area (Å²) in [6, 6.07) is 11.1. The molecule has 0 saturated carbocycles. The molecule has 4 aromatic rings. The van der Waals surface area contributed by atoms with Crippen LogP contribution in [0.4, 0.5) is 23.2 Å². The first-order valence-corrected chi connectivity index (χ1v) is 11.5. The minimum absolute atomic E-state index is 0.00108. The van der Waals surface area contributed by atoms with Crippen LogP contribution in [-0.2, 0) is 10.9 Å². The molecule has 200 valence electrons. The first-order valence-electron chi connectivity index (χ1n) is 11.1. The molecule has 0 radical (unpaired) electrons. The number of aryl methyl sites for hydroxylation is 1. The summed E-state index contributed by atoms with van der Waals surface area (Å²) in [7, 11) is 1.38. The van der Waals surface area contributed by atoms with Crippen molar-refractivity contribution in [1.29, 1.82) is 5.41 Å². The molecule has 0 spiro atoms. The number of carbonyl (C=O) groups excluding carboxylic acids is 1. The van der Waals surface area contributed by atoms with Gasteiger partial charge in [-0.2, -0.15) is 18.2 Å². The molecule has 0 aliphatic carbocycles. The van der Waals surface area contributed by atoms with Crippen LogP contribution in [0.5, 0.6) is 0 Å². The molecule has 1 aromatic heterocycles. The third-order valence-electron chi connectivity index (χ3n) is 5.66. The van der Waals surface area contributed by atoms with Gasteiger partial charge in [-0.05, 0) is 49.4 Å². The lowest BCUT2D eigenvalue weighted by Gasteiger charge is -2.17. The van der Waals surface area contributed by atoms with Crippen molar-refractivity contribution in [3.63, 3.8) is 0 Å². The number of alkyl halides is 3. The predicted octanol–water partition coefficient (Wildman–Crippen LogP) is 7.14. The highest BCUT2D eigenvalue weighted by atomic mass is 35.5. The third kappa shape index (κ3) is 5.68. The Morgan fingerprint density at radius 3 is 2.46 bits per heavy atom. The SMILES string of the molecule is C=C(OC)c1ccc(C(=N)c2ccc(-c3nc(C)no3)cc2NC(=O)c2c(Cl)cccc2C(F)(F)F)c(F)c1. The van der Waals surface area contributed by atoms with Crippen molar-refractivity contribution in [2.24, 2.45) is 0 Å². The fourth-order valence-electron chi connectivity index (χ4n) is 3.74. The molecule has 39 heavy (non-hydrogen) atoms. The molecule has 1 heterocycles. The molecular weight excluding hydrogens is 540 g/mol. The van der Waals surface area contributed by atoms with Gasteiger partial charge in [-0.25, -0.2) is 4.39 Å². The number of hydrogen-bond donors (Lipinski definition) is 2. The molecule has 7 nitrogen and oxygen atoms in total. The summed E-state index contributed by atoms with van der Waals surface area (Å²) >= 11 is 5.99. The number of ether oxygens (including phenoxy) is 1. The standard InChI is InChI=1S/C27H19ClF4N4O3/c1-13(38-3)15-7-9-17(21(29)11-15)24(33)18-10-8-16(26-34-14(2)36-39-26)12-22(18)35-25(37)23-19(27(30,31)32)5-4-6-20(23)28/h4-12,33H,1H2,2-3H3,(H,35,37). The van der Waals surface area contributed by atoms with Crippen LogP contribution in [0.2, 0.25) is 5.02 Å². The maximum absolute atomic E-state index is 15.0. The van der Waals surface area contributed by atoms with E-state index < -0.39 is 34.1 Å². The Morgan fingerprint density at radius 2 is 1.85 bits per heavy atom. The molecule has 12 heteroatoms. The van der Waals surface area contributed by atoms with Gasteiger partial charge in [-0.15, -0.1) is 0 Å². The number of rotatable bonds is 7. The number of anilines is 1. The number of hydrogen-bond acceptors (Lipinski definition) is 6. The van der Waals surface area contributed by atoms with E-state index in [1.54, 1.807) is 6.92 Å². The van der Waals surface area contributed by atoms with Gasteiger partial charge in [0.1, 0.15) is 11.6 Å². The second kappa shape index (κ2) is 10.7. The maximum Gasteiger partial charge on any atom is 0.417 e. The van der Waals surface area contributed by atoms with Crippen molar-refractivity contribution >= 4 is 34.7 Å². The molecular formula is C27H19ClF4N4O3. The second-order valence-electron chi connectivity index (χ2n) is 8.22. The van der Waals surface area contributed by atoms with E-state index in [0.29, 0.717) is 17.0 Å². The Hall–Kier alpha value is -4.51. The average molecular weight is 559 g/mol. The fourth-order valence-corrected chi connectivity index (χ4v) is 4.00. The Morgan fingerprint density at radius 1 is 1.13 bits per heavy atom. The average Bonchev–Trinajstić information content (AvgIpc) is 3.33. The van der Waals surface area contributed by atoms with Crippen molar-refractivity contribution in [1.82, 2.24) is 10.1 Å². The van der Waals surface area contributed by atoms with Gasteiger partial charge in [0.05, 0.1) is 34.7 Å². The zero-order valence-corrected chi connectivity index (χ0v) is 21.2. The van der Waals surface area contributed by atoms with Crippen molar-refractivity contribution in [3.8, 4) is 11.5 Å². The van der Waals surface area contributed by atoms with Gasteiger partial charge in [0.2, 0.25) is 0 Å². The van der Waals surface area contributed by atoms with Gasteiger partial charge in [0.15, 0.2) is 5.82 Å². The molecule has 1 amide bonds. The number of amides is 1. The van der Waals surface area contributed by atoms with E-state index in [1.165, 1.54) is 37.4 Å². The van der Waals surface area contributed by atoms with Gasteiger partial charge in [0, 0.05) is 22.3 Å². The summed E-state index contributed by atoms with van der Waals surface area (Å²) in [6.45, 7) is 5.25. The Labute approximate surface area is 224 Å². The van der Waals surface area contributed by atoms with E-state index >= 15 is 4.39 Å². The van der Waals surface area contributed by atoms with Gasteiger partial charge in [-0.1, -0.05) is 35.5 Å². The number of benzene rings is 3. The van der Waals surface area contributed by atoms with E-state index in [-0.39, 0.29) is 34.2 Å². The summed E-state index contributed by atoms with van der Waals surface area (Å²) in [5, 5.41) is 14.4. The van der Waals surface area contributed by atoms with E-state index in [2.05, 4.69) is 22.0 Å². The summed E-state index contributed by atoms with van der Waals surface area (Å²) < 4.78 is 66.1. The van der Waals surface area contributed by atoms with Crippen molar-refractivity contribution in [2.75, 3.05) is 12.4 Å². The van der Waals surface area contributed by atoms with Gasteiger partial charge in [-0.3, -0.25) is 10.2 Å². The number of methoxy groups -OCH3 is 1. The van der Waals surface area contributed by atoms with Crippen LogP contribution < -0.4 is 5.32 Å². The highest BCUT2D eigenvalue weighted by Crippen LogP contribution is 2.36. The minimum atomic E-state index is -4.87. The number of nitrogens with zero attached hydrogens (tertiary/aromatic N) is 2. The Kier molecular flexibility index (Phi) is 7.55. The predicted molar refractivity (Wildman–Crippen MR) is 137 cm³/mol. The van der Waals surface area contributed by atoms with Gasteiger partial charge < -0.3 is 14.6 Å². The van der Waals surface area contributed by atoms with E-state index in [9.17, 15) is 18.0 Å². The monoisotopic (exact) mass is 558 g/mol. The largest absolute Gasteiger partial charge is 0.497 e. The van der Waals surface area contributed by atoms with Crippen LogP contribution in [-0.4, -0.2) is 28.9 Å². The van der Waals surface area contributed by atoms with Gasteiger partial charge in [0.25, 0.3) is 11.8 Å². The van der Waals surface area contributed by atoms with Crippen LogP contribution in [0, 0.1) is 18.2 Å². The van der Waals surface area contributed by atoms with Gasteiger partial charge >= 0.3 is 6.18 Å². The van der Waals surface area contributed by atoms with Crippen molar-refractivity contribution in [3.05, 3.63) is 106 Å². The number of halogens is 5. The highest BCUT2D eigenvalue weighted by Gasteiger charge is 2.36. The van der Waals surface area contributed by atoms with Crippen molar-refractivity contribution in [2.45, 2.75) is 13.1 Å². The van der Waals surface area contributed by atoms with Crippen LogP contribution in [0.3, 0.4) is 0 Å². The minimum Gasteiger partial charge on any atom is -0.497 e. The molecule has 0 bridgehead atoms. The summed E-state index contributed by atoms with van der Waals surface area (Å²) in [6.07, 6.45) is -4.87. The van der Waals surface area contributed by atoms with E-state index in [4.69, 9.17) is 26.3 Å². The van der Waals surface area contributed by atoms with E-state index in [1.807, 2.05) is 0 Å². The lowest BCUT2D eigenvalue weighted by molar-refractivity contribution is -0.137. The smallest absolute Gasteiger partial charge is 0.417 e. The second-order valence-corrected chi connectivity index (χ2v) is 8.63. The third-order valence-corrected chi connectivity index (χ3v) is 5.98. The molecule has 0 aliphatic heterocycles. The maximum atomic E-state index is 15.0. The Balaban J connectivity index is 1.82. The molecule has 3 aromatic carbocycles. The number of aromatic nitrogens is 2. The first-order chi connectivity index (χ1) is 18.4. The molecule has 0 fully saturated rings. The lowest BCUT2D eigenvalue weighted by Crippen LogP contribution is -2.21. The molecule has 0 atom stereocenters. The number of carbonyl (C=O) groups is 1. The summed E-state index contributed by atoms with van der Waals surface area (Å²) in [5.74, 6) is -1.39. The summed E-state index contributed by atoms with van der Waals surface area (Å²) in [4.78, 5) is 17.3. The zero-order valence-electron chi connectivity index (χ0n) is 20.4. The van der Waals surface area contributed by atoms with E-state index in [0.717, 1.165) is 24.3 Å². The first kappa shape index (κ1) is 27.5. The van der Waals surface area contributed by atoms with Crippen LogP contribution in [0.25, 0.3) is 17.2 Å². The fraction of sp³-hybridized carbons (Fsp3) is 0.111. The molecule has 2 N–H and O–H groups in total. The van der Waals surface area contributed by atoms with Crippen LogP contribution in [0.1, 0.15) is 38.4 Å². The van der Waals surface area contributed by atoms with Crippen LogP contribution >= 0.6 is 11.6 Å². The molecule has 0 aliphatic rings. The Bertz CT molecular complexity index is 1620. The lowest BCUT2D eigenvalue weighted by atomic mass is 9.97. The number of nitrogens with one attached hydrogen (secondary N) is 2. The highest BCUT2D eigenvalue weighted by molar-refractivity contribution is 6.34. The molecule has 4 rings (SSSR count). The topological polar surface area (TPSA) is 101 Å². The molecule has 0 unspecified atom stereocenters. The quantitative estimate of drug-likeness (QED) is 0.143.